The molecular formula is C21H24N6O. The molecule has 0 unspecified atom stereocenters. The number of anilines is 4. The second-order valence-corrected chi connectivity index (χ2v) is 6.69. The third-order valence-corrected chi connectivity index (χ3v) is 4.78. The molecule has 7 heteroatoms. The Hall–Kier alpha value is -3.19. The number of aryl methyl sites for hydroxylation is 1. The van der Waals surface area contributed by atoms with Crippen molar-refractivity contribution in [1.29, 1.82) is 0 Å². The standard InChI is InChI=1S/C21H24N6O/c1-16-6-2-3-7-17(16)14-22-20-15-23-26-21(25-20)24-18-8-4-5-9-19(18)27-10-12-28-13-11-27/h2-9,15H,10-14H2,1H3,(H2,22,24,25,26). The maximum absolute atomic E-state index is 5.46. The van der Waals surface area contributed by atoms with Crippen molar-refractivity contribution in [2.45, 2.75) is 13.5 Å². The van der Waals surface area contributed by atoms with Gasteiger partial charge in [0.15, 0.2) is 5.82 Å². The van der Waals surface area contributed by atoms with Crippen molar-refractivity contribution in [3.05, 3.63) is 65.9 Å². The van der Waals surface area contributed by atoms with Crippen LogP contribution in [0.2, 0.25) is 0 Å². The van der Waals surface area contributed by atoms with Crippen molar-refractivity contribution in [1.82, 2.24) is 15.2 Å². The van der Waals surface area contributed by atoms with E-state index in [1.54, 1.807) is 6.20 Å². The second kappa shape index (κ2) is 8.67. The van der Waals surface area contributed by atoms with Crippen LogP contribution in [0.5, 0.6) is 0 Å². The number of ether oxygens (including phenoxy) is 1. The fourth-order valence-electron chi connectivity index (χ4n) is 3.22. The molecule has 0 radical (unpaired) electrons. The lowest BCUT2D eigenvalue weighted by Crippen LogP contribution is -2.36. The van der Waals surface area contributed by atoms with Crippen molar-refractivity contribution in [2.75, 3.05) is 41.8 Å². The van der Waals surface area contributed by atoms with Gasteiger partial charge in [-0.15, -0.1) is 5.10 Å². The average Bonchev–Trinajstić information content (AvgIpc) is 2.74. The maximum atomic E-state index is 5.46. The molecule has 2 heterocycles. The van der Waals surface area contributed by atoms with E-state index in [1.165, 1.54) is 11.1 Å². The van der Waals surface area contributed by atoms with E-state index < -0.39 is 0 Å². The van der Waals surface area contributed by atoms with Crippen LogP contribution in [-0.2, 0) is 11.3 Å². The molecule has 0 aliphatic carbocycles. The van der Waals surface area contributed by atoms with Crippen LogP contribution in [0.25, 0.3) is 0 Å². The molecule has 4 rings (SSSR count). The minimum atomic E-state index is 0.468. The molecule has 1 aromatic heterocycles. The first-order valence-electron chi connectivity index (χ1n) is 9.46. The summed E-state index contributed by atoms with van der Waals surface area (Å²) >= 11 is 0. The molecule has 1 aliphatic heterocycles. The number of nitrogens with zero attached hydrogens (tertiary/aromatic N) is 4. The summed E-state index contributed by atoms with van der Waals surface area (Å²) in [4.78, 5) is 6.87. The molecule has 0 amide bonds. The lowest BCUT2D eigenvalue weighted by Gasteiger charge is -2.30. The summed E-state index contributed by atoms with van der Waals surface area (Å²) in [7, 11) is 0. The van der Waals surface area contributed by atoms with Crippen molar-refractivity contribution < 1.29 is 4.74 Å². The molecule has 0 atom stereocenters. The molecule has 3 aromatic rings. The largest absolute Gasteiger partial charge is 0.378 e. The summed E-state index contributed by atoms with van der Waals surface area (Å²) in [5.74, 6) is 1.15. The Morgan fingerprint density at radius 3 is 2.68 bits per heavy atom. The Bertz CT molecular complexity index is 926. The topological polar surface area (TPSA) is 75.2 Å². The summed E-state index contributed by atoms with van der Waals surface area (Å²) in [5.41, 5.74) is 4.55. The highest BCUT2D eigenvalue weighted by molar-refractivity contribution is 5.73. The van der Waals surface area contributed by atoms with Crippen LogP contribution in [0.4, 0.5) is 23.1 Å². The minimum absolute atomic E-state index is 0.468. The van der Waals surface area contributed by atoms with Crippen molar-refractivity contribution in [3.8, 4) is 0 Å². The number of nitrogens with one attached hydrogen (secondary N) is 2. The van der Waals surface area contributed by atoms with E-state index in [-0.39, 0.29) is 0 Å². The average molecular weight is 376 g/mol. The fraction of sp³-hybridized carbons (Fsp3) is 0.286. The predicted octanol–water partition coefficient (Wildman–Crippen LogP) is 3.37. The van der Waals surface area contributed by atoms with E-state index >= 15 is 0 Å². The zero-order valence-electron chi connectivity index (χ0n) is 15.9. The monoisotopic (exact) mass is 376 g/mol. The molecule has 2 N–H and O–H groups in total. The van der Waals surface area contributed by atoms with E-state index in [2.05, 4.69) is 55.8 Å². The molecule has 0 bridgehead atoms. The van der Waals surface area contributed by atoms with E-state index in [1.807, 2.05) is 30.3 Å². The number of morpholine rings is 1. The van der Waals surface area contributed by atoms with Gasteiger partial charge in [0, 0.05) is 19.6 Å². The Morgan fingerprint density at radius 2 is 1.82 bits per heavy atom. The van der Waals surface area contributed by atoms with Crippen molar-refractivity contribution in [2.24, 2.45) is 0 Å². The summed E-state index contributed by atoms with van der Waals surface area (Å²) in [5, 5.41) is 14.9. The van der Waals surface area contributed by atoms with Gasteiger partial charge < -0.3 is 20.3 Å². The number of para-hydroxylation sites is 2. The number of rotatable bonds is 6. The zero-order chi connectivity index (χ0) is 19.2. The SMILES string of the molecule is Cc1ccccc1CNc1cnnc(Nc2ccccc2N2CCOCC2)n1. The van der Waals surface area contributed by atoms with Gasteiger partial charge in [-0.3, -0.25) is 0 Å². The Balaban J connectivity index is 1.47. The van der Waals surface area contributed by atoms with E-state index in [9.17, 15) is 0 Å². The lowest BCUT2D eigenvalue weighted by molar-refractivity contribution is 0.123. The van der Waals surface area contributed by atoms with E-state index in [4.69, 9.17) is 4.74 Å². The first-order valence-corrected chi connectivity index (χ1v) is 9.46. The van der Waals surface area contributed by atoms with Gasteiger partial charge in [-0.05, 0) is 30.2 Å². The van der Waals surface area contributed by atoms with Gasteiger partial charge in [0.05, 0.1) is 30.8 Å². The van der Waals surface area contributed by atoms with Crippen LogP contribution in [-0.4, -0.2) is 41.5 Å². The Kier molecular flexibility index (Phi) is 5.63. The highest BCUT2D eigenvalue weighted by Crippen LogP contribution is 2.28. The molecule has 28 heavy (non-hydrogen) atoms. The van der Waals surface area contributed by atoms with Crippen LogP contribution in [0.3, 0.4) is 0 Å². The molecular weight excluding hydrogens is 352 g/mol. The quantitative estimate of drug-likeness (QED) is 0.683. The van der Waals surface area contributed by atoms with Gasteiger partial charge in [-0.2, -0.15) is 10.1 Å². The van der Waals surface area contributed by atoms with Crippen molar-refractivity contribution in [3.63, 3.8) is 0 Å². The number of aromatic nitrogens is 3. The van der Waals surface area contributed by atoms with Gasteiger partial charge in [0.2, 0.25) is 5.95 Å². The third-order valence-electron chi connectivity index (χ3n) is 4.78. The smallest absolute Gasteiger partial charge is 0.249 e. The predicted molar refractivity (Wildman–Crippen MR) is 111 cm³/mol. The fourth-order valence-corrected chi connectivity index (χ4v) is 3.22. The summed E-state index contributed by atoms with van der Waals surface area (Å²) in [6.45, 7) is 6.01. The minimum Gasteiger partial charge on any atom is -0.378 e. The highest BCUT2D eigenvalue weighted by Gasteiger charge is 2.15. The number of hydrogen-bond donors (Lipinski definition) is 2. The molecule has 144 valence electrons. The number of hydrogen-bond acceptors (Lipinski definition) is 7. The van der Waals surface area contributed by atoms with Crippen LogP contribution in [0.1, 0.15) is 11.1 Å². The number of benzene rings is 2. The van der Waals surface area contributed by atoms with Gasteiger partial charge in [-0.1, -0.05) is 36.4 Å². The third kappa shape index (κ3) is 4.37. The van der Waals surface area contributed by atoms with Crippen LogP contribution >= 0.6 is 0 Å². The molecule has 1 aliphatic rings. The van der Waals surface area contributed by atoms with Gasteiger partial charge in [0.25, 0.3) is 0 Å². The molecule has 1 fully saturated rings. The van der Waals surface area contributed by atoms with Crippen LogP contribution in [0.15, 0.2) is 54.7 Å². The lowest BCUT2D eigenvalue weighted by atomic mass is 10.1. The summed E-state index contributed by atoms with van der Waals surface area (Å²) < 4.78 is 5.46. The first kappa shape index (κ1) is 18.2. The van der Waals surface area contributed by atoms with E-state index in [0.717, 1.165) is 37.7 Å². The zero-order valence-corrected chi connectivity index (χ0v) is 15.9. The van der Waals surface area contributed by atoms with Crippen molar-refractivity contribution >= 4 is 23.1 Å². The molecule has 7 nitrogen and oxygen atoms in total. The van der Waals surface area contributed by atoms with Crippen LogP contribution < -0.4 is 15.5 Å². The molecule has 0 saturated carbocycles. The van der Waals surface area contributed by atoms with Gasteiger partial charge in [0.1, 0.15) is 0 Å². The van der Waals surface area contributed by atoms with Gasteiger partial charge in [-0.25, -0.2) is 0 Å². The Morgan fingerprint density at radius 1 is 1.04 bits per heavy atom. The normalized spacial score (nSPS) is 14.0. The molecule has 0 spiro atoms. The summed E-state index contributed by atoms with van der Waals surface area (Å²) in [6.07, 6.45) is 1.64. The van der Waals surface area contributed by atoms with Gasteiger partial charge >= 0.3 is 0 Å². The molecule has 2 aromatic carbocycles. The second-order valence-electron chi connectivity index (χ2n) is 6.69. The van der Waals surface area contributed by atoms with Crippen LogP contribution in [0, 0.1) is 6.92 Å². The Labute approximate surface area is 164 Å². The maximum Gasteiger partial charge on any atom is 0.249 e. The summed E-state index contributed by atoms with van der Waals surface area (Å²) in [6, 6.07) is 16.5. The first-order chi connectivity index (χ1) is 13.8. The molecule has 1 saturated heterocycles. The highest BCUT2D eigenvalue weighted by atomic mass is 16.5. The van der Waals surface area contributed by atoms with E-state index in [0.29, 0.717) is 18.3 Å².